The fraction of sp³-hybridized carbons (Fsp3) is 0.600. The predicted molar refractivity (Wildman–Crippen MR) is 80.4 cm³/mol. The van der Waals surface area contributed by atoms with Gasteiger partial charge in [-0.05, 0) is 43.0 Å². The molecule has 18 heavy (non-hydrogen) atoms. The highest BCUT2D eigenvalue weighted by atomic mass is 79.9. The lowest BCUT2D eigenvalue weighted by Gasteiger charge is -2.33. The van der Waals surface area contributed by atoms with Gasteiger partial charge in [-0.3, -0.25) is 0 Å². The highest BCUT2D eigenvalue weighted by molar-refractivity contribution is 9.10. The van der Waals surface area contributed by atoms with E-state index in [1.165, 1.54) is 24.8 Å². The predicted octanol–water partition coefficient (Wildman–Crippen LogP) is 3.40. The Labute approximate surface area is 119 Å². The summed E-state index contributed by atoms with van der Waals surface area (Å²) in [5, 5.41) is 0. The average molecular weight is 311 g/mol. The van der Waals surface area contributed by atoms with Crippen LogP contribution in [0, 0.1) is 5.41 Å². The molecule has 0 spiro atoms. The fourth-order valence-electron chi connectivity index (χ4n) is 3.03. The molecule has 0 radical (unpaired) electrons. The highest BCUT2D eigenvalue weighted by Crippen LogP contribution is 2.37. The summed E-state index contributed by atoms with van der Waals surface area (Å²) in [6.07, 6.45) is 3.73. The third-order valence-corrected chi connectivity index (χ3v) is 4.68. The van der Waals surface area contributed by atoms with E-state index in [-0.39, 0.29) is 0 Å². The van der Waals surface area contributed by atoms with Crippen molar-refractivity contribution in [1.82, 2.24) is 4.90 Å². The molecule has 0 aliphatic heterocycles. The Morgan fingerprint density at radius 1 is 1.39 bits per heavy atom. The zero-order valence-electron chi connectivity index (χ0n) is 11.3. The lowest BCUT2D eigenvalue weighted by Crippen LogP contribution is -2.42. The topological polar surface area (TPSA) is 29.3 Å². The van der Waals surface area contributed by atoms with Crippen LogP contribution in [0.4, 0.5) is 0 Å². The van der Waals surface area contributed by atoms with Gasteiger partial charge in [0.2, 0.25) is 0 Å². The zero-order valence-corrected chi connectivity index (χ0v) is 12.9. The number of hydrogen-bond acceptors (Lipinski definition) is 2. The van der Waals surface area contributed by atoms with Gasteiger partial charge in [-0.15, -0.1) is 0 Å². The van der Waals surface area contributed by atoms with Crippen molar-refractivity contribution >= 4 is 15.9 Å². The second kappa shape index (κ2) is 5.72. The van der Waals surface area contributed by atoms with E-state index in [1.807, 2.05) is 0 Å². The van der Waals surface area contributed by atoms with Crippen LogP contribution in [0.3, 0.4) is 0 Å². The van der Waals surface area contributed by atoms with Crippen LogP contribution in [0.1, 0.15) is 31.7 Å². The minimum Gasteiger partial charge on any atom is -0.327 e. The molecule has 2 rings (SSSR count). The number of benzene rings is 1. The Kier molecular flexibility index (Phi) is 4.46. The first-order chi connectivity index (χ1) is 8.49. The van der Waals surface area contributed by atoms with Gasteiger partial charge >= 0.3 is 0 Å². The first-order valence-corrected chi connectivity index (χ1v) is 7.47. The second-order valence-electron chi connectivity index (χ2n) is 5.95. The van der Waals surface area contributed by atoms with Gasteiger partial charge in [0.15, 0.2) is 0 Å². The molecule has 1 aliphatic carbocycles. The molecule has 0 bridgehead atoms. The van der Waals surface area contributed by atoms with Crippen LogP contribution in [0.5, 0.6) is 0 Å². The lowest BCUT2D eigenvalue weighted by molar-refractivity contribution is 0.173. The second-order valence-corrected chi connectivity index (χ2v) is 6.87. The maximum absolute atomic E-state index is 6.24. The van der Waals surface area contributed by atoms with Crippen molar-refractivity contribution in [3.8, 4) is 0 Å². The van der Waals surface area contributed by atoms with E-state index in [0.29, 0.717) is 11.5 Å². The SMILES string of the molecule is CN(Cc1ccc(Br)cc1)CC1(C)CCCC1N. The number of rotatable bonds is 4. The molecule has 2 nitrogen and oxygen atoms in total. The molecule has 100 valence electrons. The standard InChI is InChI=1S/C15H23BrN2/c1-15(9-3-4-14(15)17)11-18(2)10-12-5-7-13(16)8-6-12/h5-8,14H,3-4,9-11,17H2,1-2H3. The lowest BCUT2D eigenvalue weighted by atomic mass is 9.84. The van der Waals surface area contributed by atoms with Crippen LogP contribution in [0.2, 0.25) is 0 Å². The van der Waals surface area contributed by atoms with Crippen molar-refractivity contribution in [3.05, 3.63) is 34.3 Å². The molecule has 0 amide bonds. The Balaban J connectivity index is 1.92. The Hall–Kier alpha value is -0.380. The van der Waals surface area contributed by atoms with Crippen LogP contribution in [-0.4, -0.2) is 24.5 Å². The van der Waals surface area contributed by atoms with Gasteiger partial charge in [-0.2, -0.15) is 0 Å². The summed E-state index contributed by atoms with van der Waals surface area (Å²) in [5.74, 6) is 0. The summed E-state index contributed by atoms with van der Waals surface area (Å²) in [6.45, 7) is 4.42. The molecular weight excluding hydrogens is 288 g/mol. The average Bonchev–Trinajstić information content (AvgIpc) is 2.62. The molecule has 2 unspecified atom stereocenters. The number of halogens is 1. The summed E-state index contributed by atoms with van der Waals surface area (Å²) in [4.78, 5) is 2.40. The number of nitrogens with two attached hydrogens (primary N) is 1. The summed E-state index contributed by atoms with van der Waals surface area (Å²) in [5.41, 5.74) is 7.89. The van der Waals surface area contributed by atoms with Crippen molar-refractivity contribution in [2.24, 2.45) is 11.1 Å². The molecule has 1 aromatic carbocycles. The monoisotopic (exact) mass is 310 g/mol. The molecule has 1 fully saturated rings. The van der Waals surface area contributed by atoms with Crippen molar-refractivity contribution < 1.29 is 0 Å². The van der Waals surface area contributed by atoms with Crippen molar-refractivity contribution in [2.45, 2.75) is 38.8 Å². The quantitative estimate of drug-likeness (QED) is 0.923. The molecule has 1 aromatic rings. The first-order valence-electron chi connectivity index (χ1n) is 6.68. The Bertz CT molecular complexity index is 390. The van der Waals surface area contributed by atoms with Crippen LogP contribution < -0.4 is 5.73 Å². The van der Waals surface area contributed by atoms with E-state index in [2.05, 4.69) is 59.1 Å². The van der Waals surface area contributed by atoms with Crippen molar-refractivity contribution in [3.63, 3.8) is 0 Å². The minimum absolute atomic E-state index is 0.296. The summed E-state index contributed by atoms with van der Waals surface area (Å²) in [6, 6.07) is 8.93. The molecule has 0 heterocycles. The highest BCUT2D eigenvalue weighted by Gasteiger charge is 2.36. The van der Waals surface area contributed by atoms with E-state index in [0.717, 1.165) is 17.6 Å². The Morgan fingerprint density at radius 3 is 2.61 bits per heavy atom. The van der Waals surface area contributed by atoms with Gasteiger partial charge in [-0.1, -0.05) is 41.4 Å². The smallest absolute Gasteiger partial charge is 0.0230 e. The molecule has 2 N–H and O–H groups in total. The third-order valence-electron chi connectivity index (χ3n) is 4.16. The molecule has 0 aromatic heterocycles. The van der Waals surface area contributed by atoms with Crippen molar-refractivity contribution in [1.29, 1.82) is 0 Å². The Morgan fingerprint density at radius 2 is 2.06 bits per heavy atom. The normalized spacial score (nSPS) is 27.9. The number of nitrogens with zero attached hydrogens (tertiary/aromatic N) is 1. The summed E-state index contributed by atoms with van der Waals surface area (Å²) < 4.78 is 1.14. The summed E-state index contributed by atoms with van der Waals surface area (Å²) >= 11 is 3.47. The minimum atomic E-state index is 0.296. The van der Waals surface area contributed by atoms with E-state index in [4.69, 9.17) is 5.73 Å². The van der Waals surface area contributed by atoms with E-state index in [9.17, 15) is 0 Å². The van der Waals surface area contributed by atoms with Crippen LogP contribution >= 0.6 is 15.9 Å². The number of hydrogen-bond donors (Lipinski definition) is 1. The fourth-order valence-corrected chi connectivity index (χ4v) is 3.29. The maximum atomic E-state index is 6.24. The molecule has 2 atom stereocenters. The molecule has 3 heteroatoms. The van der Waals surface area contributed by atoms with Gasteiger partial charge < -0.3 is 10.6 Å². The van der Waals surface area contributed by atoms with Gasteiger partial charge in [0, 0.05) is 23.6 Å². The molecule has 0 saturated heterocycles. The van der Waals surface area contributed by atoms with E-state index in [1.54, 1.807) is 0 Å². The molecular formula is C15H23BrN2. The van der Waals surface area contributed by atoms with E-state index >= 15 is 0 Å². The van der Waals surface area contributed by atoms with Gasteiger partial charge in [0.05, 0.1) is 0 Å². The maximum Gasteiger partial charge on any atom is 0.0230 e. The molecule has 1 aliphatic rings. The van der Waals surface area contributed by atoms with Gasteiger partial charge in [0.25, 0.3) is 0 Å². The van der Waals surface area contributed by atoms with Crippen LogP contribution in [0.15, 0.2) is 28.7 Å². The molecule has 1 saturated carbocycles. The van der Waals surface area contributed by atoms with Gasteiger partial charge in [0.1, 0.15) is 0 Å². The van der Waals surface area contributed by atoms with E-state index < -0.39 is 0 Å². The summed E-state index contributed by atoms with van der Waals surface area (Å²) in [7, 11) is 2.19. The zero-order chi connectivity index (χ0) is 13.2. The first kappa shape index (κ1) is 14.0. The third kappa shape index (κ3) is 3.34. The van der Waals surface area contributed by atoms with Gasteiger partial charge in [-0.25, -0.2) is 0 Å². The van der Waals surface area contributed by atoms with Crippen LogP contribution in [-0.2, 0) is 6.54 Å². The van der Waals surface area contributed by atoms with Crippen LogP contribution in [0.25, 0.3) is 0 Å². The van der Waals surface area contributed by atoms with Crippen molar-refractivity contribution in [2.75, 3.05) is 13.6 Å². The largest absolute Gasteiger partial charge is 0.327 e.